The van der Waals surface area contributed by atoms with Gasteiger partial charge in [-0.15, -0.1) is 11.3 Å². The van der Waals surface area contributed by atoms with Crippen LogP contribution in [0.2, 0.25) is 0 Å². The third-order valence-corrected chi connectivity index (χ3v) is 6.79. The van der Waals surface area contributed by atoms with E-state index in [9.17, 15) is 13.2 Å². The minimum Gasteiger partial charge on any atom is -0.326 e. The third-order valence-electron chi connectivity index (χ3n) is 4.61. The first-order valence-electron chi connectivity index (χ1n) is 7.71. The van der Waals surface area contributed by atoms with E-state index in [2.05, 4.69) is 21.9 Å². The molecule has 8 heteroatoms. The summed E-state index contributed by atoms with van der Waals surface area (Å²) in [6.45, 7) is 4.09. The molecule has 2 atom stereocenters. The maximum absolute atomic E-state index is 12.4. The van der Waals surface area contributed by atoms with Gasteiger partial charge in [-0.2, -0.15) is 0 Å². The van der Waals surface area contributed by atoms with Crippen molar-refractivity contribution in [1.29, 1.82) is 0 Å². The number of anilines is 2. The van der Waals surface area contributed by atoms with Gasteiger partial charge in [0.1, 0.15) is 0 Å². The zero-order valence-electron chi connectivity index (χ0n) is 13.4. The molecule has 3 rings (SSSR count). The molecule has 1 aliphatic carbocycles. The summed E-state index contributed by atoms with van der Waals surface area (Å²) in [7, 11) is -3.67. The molecule has 1 heterocycles. The highest BCUT2D eigenvalue weighted by atomic mass is 32.2. The highest BCUT2D eigenvalue weighted by Gasteiger charge is 2.55. The number of carbonyl (C=O) groups excluding carboxylic acids is 1. The minimum atomic E-state index is -3.67. The number of carbonyl (C=O) groups is 1. The van der Waals surface area contributed by atoms with Gasteiger partial charge >= 0.3 is 0 Å². The van der Waals surface area contributed by atoms with Gasteiger partial charge in [-0.3, -0.25) is 9.52 Å². The van der Waals surface area contributed by atoms with Crippen LogP contribution in [0.1, 0.15) is 26.7 Å². The molecule has 2 unspecified atom stereocenters. The number of hydrogen-bond acceptors (Lipinski definition) is 5. The molecule has 2 N–H and O–H groups in total. The molecule has 24 heavy (non-hydrogen) atoms. The van der Waals surface area contributed by atoms with Crippen LogP contribution in [0.15, 0.2) is 40.7 Å². The van der Waals surface area contributed by atoms with Crippen LogP contribution < -0.4 is 10.0 Å². The van der Waals surface area contributed by atoms with Crippen LogP contribution in [0.4, 0.5) is 10.8 Å². The molecular formula is C16H19N3O3S2. The Morgan fingerprint density at radius 1 is 1.38 bits per heavy atom. The summed E-state index contributed by atoms with van der Waals surface area (Å²) < 4.78 is 26.9. The Bertz CT molecular complexity index is 828. The quantitative estimate of drug-likeness (QED) is 0.822. The predicted octanol–water partition coefficient (Wildman–Crippen LogP) is 3.32. The summed E-state index contributed by atoms with van der Waals surface area (Å²) >= 11 is 1.21. The molecule has 1 aliphatic rings. The Morgan fingerprint density at radius 3 is 2.54 bits per heavy atom. The van der Waals surface area contributed by atoms with Gasteiger partial charge in [0, 0.05) is 17.3 Å². The number of hydrogen-bond donors (Lipinski definition) is 2. The molecule has 6 nitrogen and oxygen atoms in total. The second-order valence-electron chi connectivity index (χ2n) is 6.04. The lowest BCUT2D eigenvalue weighted by Crippen LogP contribution is -2.25. The highest BCUT2D eigenvalue weighted by Crippen LogP contribution is 2.55. The molecule has 0 bridgehead atoms. The molecule has 0 spiro atoms. The first kappa shape index (κ1) is 16.9. The van der Waals surface area contributed by atoms with Crippen LogP contribution in [-0.2, 0) is 14.8 Å². The second-order valence-corrected chi connectivity index (χ2v) is 8.61. The Labute approximate surface area is 145 Å². The summed E-state index contributed by atoms with van der Waals surface area (Å²) in [5.41, 5.74) is 0.331. The van der Waals surface area contributed by atoms with Crippen LogP contribution in [0, 0.1) is 11.3 Å². The van der Waals surface area contributed by atoms with Crippen molar-refractivity contribution in [3.63, 3.8) is 0 Å². The van der Waals surface area contributed by atoms with Crippen molar-refractivity contribution in [1.82, 2.24) is 4.98 Å². The van der Waals surface area contributed by atoms with Crippen LogP contribution in [0.5, 0.6) is 0 Å². The Kier molecular flexibility index (Phi) is 4.35. The first-order chi connectivity index (χ1) is 11.4. The lowest BCUT2D eigenvalue weighted by atomic mass is 9.99. The molecule has 1 amide bonds. The van der Waals surface area contributed by atoms with Gasteiger partial charge < -0.3 is 5.32 Å². The smallest absolute Gasteiger partial charge is 0.263 e. The number of aromatic nitrogens is 1. The van der Waals surface area contributed by atoms with Gasteiger partial charge in [-0.05, 0) is 43.0 Å². The van der Waals surface area contributed by atoms with E-state index in [0.29, 0.717) is 16.7 Å². The number of rotatable bonds is 6. The largest absolute Gasteiger partial charge is 0.326 e. The highest BCUT2D eigenvalue weighted by molar-refractivity contribution is 7.93. The van der Waals surface area contributed by atoms with E-state index < -0.39 is 10.0 Å². The predicted molar refractivity (Wildman–Crippen MR) is 94.5 cm³/mol. The number of nitrogens with zero attached hydrogens (tertiary/aromatic N) is 1. The van der Waals surface area contributed by atoms with Gasteiger partial charge in [0.25, 0.3) is 10.0 Å². The molecule has 1 aromatic carbocycles. The zero-order chi connectivity index (χ0) is 17.4. The molecule has 0 radical (unpaired) electrons. The topological polar surface area (TPSA) is 88.2 Å². The van der Waals surface area contributed by atoms with Crippen molar-refractivity contribution >= 4 is 38.1 Å². The Hall–Kier alpha value is -1.93. The number of thiazole rings is 1. The zero-order valence-corrected chi connectivity index (χ0v) is 15.1. The molecular weight excluding hydrogens is 346 g/mol. The van der Waals surface area contributed by atoms with E-state index in [1.807, 2.05) is 6.92 Å². The van der Waals surface area contributed by atoms with Crippen molar-refractivity contribution in [3.05, 3.63) is 35.8 Å². The van der Waals surface area contributed by atoms with Gasteiger partial charge in [-0.1, -0.05) is 13.8 Å². The van der Waals surface area contributed by atoms with E-state index in [0.717, 1.165) is 12.8 Å². The average Bonchev–Trinajstić information content (AvgIpc) is 2.96. The average molecular weight is 365 g/mol. The van der Waals surface area contributed by atoms with Gasteiger partial charge in [0.15, 0.2) is 5.13 Å². The van der Waals surface area contributed by atoms with Crippen LogP contribution in [-0.4, -0.2) is 19.3 Å². The number of sulfonamides is 1. The second kappa shape index (κ2) is 6.18. The Morgan fingerprint density at radius 2 is 2.04 bits per heavy atom. The SMILES string of the molecule is CCC1(C(=O)Nc2ccc(S(=O)(=O)Nc3nccs3)cc2)CC1C. The van der Waals surface area contributed by atoms with E-state index in [1.165, 1.54) is 29.7 Å². The normalized spacial score (nSPS) is 22.8. The summed E-state index contributed by atoms with van der Waals surface area (Å²) in [4.78, 5) is 16.4. The van der Waals surface area contributed by atoms with Crippen molar-refractivity contribution in [2.75, 3.05) is 10.0 Å². The van der Waals surface area contributed by atoms with Crippen molar-refractivity contribution in [2.24, 2.45) is 11.3 Å². The van der Waals surface area contributed by atoms with Gasteiger partial charge in [0.05, 0.1) is 10.3 Å². The number of benzene rings is 1. The van der Waals surface area contributed by atoms with Crippen LogP contribution in [0.3, 0.4) is 0 Å². The molecule has 0 saturated heterocycles. The standard InChI is InChI=1S/C16H19N3O3S2/c1-3-16(10-11(16)2)14(20)18-12-4-6-13(7-5-12)24(21,22)19-15-17-8-9-23-15/h4-9,11H,3,10H2,1-2H3,(H,17,19)(H,18,20). The van der Waals surface area contributed by atoms with E-state index in [-0.39, 0.29) is 16.2 Å². The third kappa shape index (κ3) is 3.16. The maximum Gasteiger partial charge on any atom is 0.263 e. The summed E-state index contributed by atoms with van der Waals surface area (Å²) in [5, 5.41) is 4.90. The van der Waals surface area contributed by atoms with Crippen molar-refractivity contribution in [3.8, 4) is 0 Å². The molecule has 1 fully saturated rings. The van der Waals surface area contributed by atoms with Gasteiger partial charge in [0.2, 0.25) is 5.91 Å². The van der Waals surface area contributed by atoms with Crippen molar-refractivity contribution < 1.29 is 13.2 Å². The lowest BCUT2D eigenvalue weighted by molar-refractivity contribution is -0.121. The van der Waals surface area contributed by atoms with E-state index in [1.54, 1.807) is 17.5 Å². The molecule has 0 aliphatic heterocycles. The summed E-state index contributed by atoms with van der Waals surface area (Å²) in [5.74, 6) is 0.402. The maximum atomic E-state index is 12.4. The number of amides is 1. The fraction of sp³-hybridized carbons (Fsp3) is 0.375. The summed E-state index contributed by atoms with van der Waals surface area (Å²) in [6, 6.07) is 6.15. The fourth-order valence-electron chi connectivity index (χ4n) is 2.88. The van der Waals surface area contributed by atoms with E-state index in [4.69, 9.17) is 0 Å². The molecule has 2 aromatic rings. The molecule has 1 aromatic heterocycles. The van der Waals surface area contributed by atoms with Crippen molar-refractivity contribution in [2.45, 2.75) is 31.6 Å². The van der Waals surface area contributed by atoms with Gasteiger partial charge in [-0.25, -0.2) is 13.4 Å². The lowest BCUT2D eigenvalue weighted by Gasteiger charge is -2.14. The monoisotopic (exact) mass is 365 g/mol. The van der Waals surface area contributed by atoms with Crippen LogP contribution in [0.25, 0.3) is 0 Å². The fourth-order valence-corrected chi connectivity index (χ4v) is 4.67. The summed E-state index contributed by atoms with van der Waals surface area (Å²) in [6.07, 6.45) is 3.24. The van der Waals surface area contributed by atoms with E-state index >= 15 is 0 Å². The Balaban J connectivity index is 1.70. The van der Waals surface area contributed by atoms with Crippen LogP contribution >= 0.6 is 11.3 Å². The minimum absolute atomic E-state index is 0.00835. The number of nitrogens with one attached hydrogen (secondary N) is 2. The first-order valence-corrected chi connectivity index (χ1v) is 10.1. The molecule has 128 valence electrons. The molecule has 1 saturated carbocycles.